The molecule has 0 radical (unpaired) electrons. The third-order valence-corrected chi connectivity index (χ3v) is 5.36. The number of fused-ring (bicyclic) bond motifs is 1. The van der Waals surface area contributed by atoms with Crippen LogP contribution < -0.4 is 5.32 Å². The van der Waals surface area contributed by atoms with Crippen molar-refractivity contribution in [3.63, 3.8) is 0 Å². The Hall–Kier alpha value is -4.00. The number of methoxy groups -OCH3 is 1. The monoisotopic (exact) mass is 428 g/mol. The number of rotatable bonds is 6. The molecule has 0 fully saturated rings. The Morgan fingerprint density at radius 1 is 1.06 bits per heavy atom. The van der Waals surface area contributed by atoms with Crippen LogP contribution in [0.3, 0.4) is 0 Å². The molecule has 4 rings (SSSR count). The highest BCUT2D eigenvalue weighted by atomic mass is 16.5. The number of carbonyl (C=O) groups excluding carboxylic acids is 2. The number of esters is 1. The zero-order valence-electron chi connectivity index (χ0n) is 18.3. The molecule has 2 heterocycles. The normalized spacial score (nSPS) is 10.8. The maximum Gasteiger partial charge on any atom is 0.337 e. The predicted octanol–water partition coefficient (Wildman–Crippen LogP) is 3.70. The molecule has 0 atom stereocenters. The van der Waals surface area contributed by atoms with Crippen molar-refractivity contribution in [3.8, 4) is 11.3 Å². The molecule has 1 amide bonds. The van der Waals surface area contributed by atoms with Crippen molar-refractivity contribution in [3.05, 3.63) is 83.0 Å². The molecule has 2 aromatic carbocycles. The number of nitrogens with zero attached hydrogens (tertiary/aromatic N) is 3. The van der Waals surface area contributed by atoms with E-state index in [2.05, 4.69) is 10.4 Å². The third kappa shape index (κ3) is 4.23. The van der Waals surface area contributed by atoms with Gasteiger partial charge in [-0.05, 0) is 37.1 Å². The van der Waals surface area contributed by atoms with Gasteiger partial charge in [-0.15, -0.1) is 0 Å². The van der Waals surface area contributed by atoms with Gasteiger partial charge in [-0.25, -0.2) is 9.78 Å². The Balaban J connectivity index is 1.56. The zero-order valence-corrected chi connectivity index (χ0v) is 18.3. The summed E-state index contributed by atoms with van der Waals surface area (Å²) in [6, 6.07) is 18.8. The molecule has 0 aliphatic carbocycles. The average Bonchev–Trinajstić information content (AvgIpc) is 3.12. The molecule has 0 bridgehead atoms. The highest BCUT2D eigenvalue weighted by Gasteiger charge is 2.19. The lowest BCUT2D eigenvalue weighted by Crippen LogP contribution is -2.26. The maximum atomic E-state index is 13.1. The van der Waals surface area contributed by atoms with Crippen molar-refractivity contribution in [2.75, 3.05) is 13.7 Å². The van der Waals surface area contributed by atoms with Crippen molar-refractivity contribution < 1.29 is 14.3 Å². The largest absolute Gasteiger partial charge is 0.465 e. The average molecular weight is 428 g/mol. The van der Waals surface area contributed by atoms with Crippen LogP contribution in [0.4, 0.5) is 0 Å². The third-order valence-electron chi connectivity index (χ3n) is 5.36. The molecule has 7 heteroatoms. The van der Waals surface area contributed by atoms with Crippen LogP contribution in [-0.2, 0) is 18.2 Å². The Bertz CT molecular complexity index is 1280. The van der Waals surface area contributed by atoms with Gasteiger partial charge in [0.2, 0.25) is 0 Å². The molecule has 0 saturated heterocycles. The van der Waals surface area contributed by atoms with E-state index in [1.165, 1.54) is 7.11 Å². The standard InChI is InChI=1S/C25H24N4O3/c1-16-22-20(15-21(18-7-5-4-6-8-18)27-23(22)29(2)28-16)24(30)26-14-13-17-9-11-19(12-10-17)25(31)32-3/h4-12,15H,13-14H2,1-3H3,(H,26,30). The molecule has 0 aliphatic rings. The number of hydrogen-bond acceptors (Lipinski definition) is 5. The quantitative estimate of drug-likeness (QED) is 0.473. The second kappa shape index (κ2) is 9.01. The van der Waals surface area contributed by atoms with Crippen molar-refractivity contribution in [2.24, 2.45) is 7.05 Å². The van der Waals surface area contributed by atoms with E-state index >= 15 is 0 Å². The summed E-state index contributed by atoms with van der Waals surface area (Å²) in [7, 11) is 3.19. The van der Waals surface area contributed by atoms with Gasteiger partial charge in [0.25, 0.3) is 5.91 Å². The number of hydrogen-bond donors (Lipinski definition) is 1. The number of benzene rings is 2. The van der Waals surface area contributed by atoms with E-state index in [0.29, 0.717) is 29.7 Å². The summed E-state index contributed by atoms with van der Waals surface area (Å²) in [4.78, 5) is 29.4. The minimum absolute atomic E-state index is 0.170. The highest BCUT2D eigenvalue weighted by Crippen LogP contribution is 2.26. The summed E-state index contributed by atoms with van der Waals surface area (Å²) >= 11 is 0. The number of aryl methyl sites for hydroxylation is 2. The lowest BCUT2D eigenvalue weighted by Gasteiger charge is -2.10. The Kier molecular flexibility index (Phi) is 5.98. The first-order valence-corrected chi connectivity index (χ1v) is 10.3. The maximum absolute atomic E-state index is 13.1. The molecular weight excluding hydrogens is 404 g/mol. The molecular formula is C25H24N4O3. The van der Waals surface area contributed by atoms with Gasteiger partial charge in [-0.1, -0.05) is 42.5 Å². The van der Waals surface area contributed by atoms with Crippen LogP contribution in [0.2, 0.25) is 0 Å². The summed E-state index contributed by atoms with van der Waals surface area (Å²) < 4.78 is 6.42. The summed E-state index contributed by atoms with van der Waals surface area (Å²) in [5, 5.41) is 8.23. The predicted molar refractivity (Wildman–Crippen MR) is 123 cm³/mol. The van der Waals surface area contributed by atoms with Crippen molar-refractivity contribution >= 4 is 22.9 Å². The highest BCUT2D eigenvalue weighted by molar-refractivity contribution is 6.07. The molecule has 0 unspecified atom stereocenters. The first-order valence-electron chi connectivity index (χ1n) is 10.3. The fourth-order valence-corrected chi connectivity index (χ4v) is 3.72. The zero-order chi connectivity index (χ0) is 22.7. The minimum Gasteiger partial charge on any atom is -0.465 e. The second-order valence-electron chi connectivity index (χ2n) is 7.52. The fraction of sp³-hybridized carbons (Fsp3) is 0.200. The summed E-state index contributed by atoms with van der Waals surface area (Å²) in [6.45, 7) is 2.34. The van der Waals surface area contributed by atoms with Crippen LogP contribution in [0.25, 0.3) is 22.3 Å². The van der Waals surface area contributed by atoms with E-state index in [-0.39, 0.29) is 11.9 Å². The number of ether oxygens (including phenoxy) is 1. The van der Waals surface area contributed by atoms with Crippen LogP contribution in [0, 0.1) is 6.92 Å². The van der Waals surface area contributed by atoms with E-state index in [1.807, 2.05) is 62.5 Å². The van der Waals surface area contributed by atoms with E-state index in [0.717, 1.165) is 27.9 Å². The molecule has 2 aromatic heterocycles. The number of carbonyl (C=O) groups is 2. The van der Waals surface area contributed by atoms with E-state index in [4.69, 9.17) is 9.72 Å². The molecule has 0 saturated carbocycles. The molecule has 162 valence electrons. The van der Waals surface area contributed by atoms with Crippen LogP contribution in [0.5, 0.6) is 0 Å². The van der Waals surface area contributed by atoms with Gasteiger partial charge in [0.05, 0.1) is 35.0 Å². The Morgan fingerprint density at radius 3 is 2.47 bits per heavy atom. The molecule has 4 aromatic rings. The second-order valence-corrected chi connectivity index (χ2v) is 7.52. The van der Waals surface area contributed by atoms with Gasteiger partial charge in [-0.3, -0.25) is 9.48 Å². The summed E-state index contributed by atoms with van der Waals surface area (Å²) in [5.74, 6) is -0.538. The van der Waals surface area contributed by atoms with Crippen molar-refractivity contribution in [1.29, 1.82) is 0 Å². The van der Waals surface area contributed by atoms with Crippen molar-refractivity contribution in [1.82, 2.24) is 20.1 Å². The number of pyridine rings is 1. The number of aromatic nitrogens is 3. The lowest BCUT2D eigenvalue weighted by molar-refractivity contribution is 0.0600. The summed E-state index contributed by atoms with van der Waals surface area (Å²) in [5.41, 5.74) is 5.17. The van der Waals surface area contributed by atoms with Gasteiger partial charge in [0, 0.05) is 19.2 Å². The van der Waals surface area contributed by atoms with Gasteiger partial charge in [0.1, 0.15) is 0 Å². The van der Waals surface area contributed by atoms with E-state index in [1.54, 1.807) is 16.8 Å². The Labute approximate surface area is 186 Å². The van der Waals surface area contributed by atoms with Crippen LogP contribution in [0.15, 0.2) is 60.7 Å². The Morgan fingerprint density at radius 2 is 1.78 bits per heavy atom. The van der Waals surface area contributed by atoms with E-state index < -0.39 is 0 Å². The first kappa shape index (κ1) is 21.2. The van der Waals surface area contributed by atoms with Crippen LogP contribution >= 0.6 is 0 Å². The summed E-state index contributed by atoms with van der Waals surface area (Å²) in [6.07, 6.45) is 0.638. The SMILES string of the molecule is COC(=O)c1ccc(CCNC(=O)c2cc(-c3ccccc3)nc3c2c(C)nn3C)cc1. The molecule has 32 heavy (non-hydrogen) atoms. The minimum atomic E-state index is -0.368. The first-order chi connectivity index (χ1) is 15.5. The fourth-order valence-electron chi connectivity index (χ4n) is 3.72. The molecule has 0 aliphatic heterocycles. The van der Waals surface area contributed by atoms with E-state index in [9.17, 15) is 9.59 Å². The van der Waals surface area contributed by atoms with Crippen LogP contribution in [0.1, 0.15) is 32.0 Å². The van der Waals surface area contributed by atoms with Gasteiger partial charge < -0.3 is 10.1 Å². The van der Waals surface area contributed by atoms with Gasteiger partial charge in [0.15, 0.2) is 5.65 Å². The number of amides is 1. The van der Waals surface area contributed by atoms with Gasteiger partial charge in [-0.2, -0.15) is 5.10 Å². The van der Waals surface area contributed by atoms with Crippen molar-refractivity contribution in [2.45, 2.75) is 13.3 Å². The van der Waals surface area contributed by atoms with Gasteiger partial charge >= 0.3 is 5.97 Å². The lowest BCUT2D eigenvalue weighted by atomic mass is 10.0. The van der Waals surface area contributed by atoms with Crippen LogP contribution in [-0.4, -0.2) is 40.3 Å². The number of nitrogens with one attached hydrogen (secondary N) is 1. The topological polar surface area (TPSA) is 86.1 Å². The molecule has 0 spiro atoms. The smallest absolute Gasteiger partial charge is 0.337 e. The molecule has 1 N–H and O–H groups in total. The molecule has 7 nitrogen and oxygen atoms in total.